The smallest absolute Gasteiger partial charge is 0.240 e. The van der Waals surface area contributed by atoms with Gasteiger partial charge in [0.15, 0.2) is 0 Å². The number of nitrogens with two attached hydrogens (primary N) is 1. The minimum absolute atomic E-state index is 0.0420. The number of nitrogen functional groups attached to an aromatic ring is 1. The molecule has 0 amide bonds. The standard InChI is InChI=1S/C14H21N3O2S/c1-10-8-12(2-3-13(10)15)20(18,19)16-14-9-17-6-4-11(14)5-7-17/h2-3,8,11,14,16H,4-7,9,15H2,1H3. The van der Waals surface area contributed by atoms with Crippen molar-refractivity contribution in [1.82, 2.24) is 9.62 Å². The summed E-state index contributed by atoms with van der Waals surface area (Å²) in [5.41, 5.74) is 7.15. The Morgan fingerprint density at radius 1 is 1.30 bits per heavy atom. The third kappa shape index (κ3) is 2.55. The number of aryl methyl sites for hydroxylation is 1. The van der Waals surface area contributed by atoms with Gasteiger partial charge in [0.05, 0.1) is 4.90 Å². The minimum atomic E-state index is -3.45. The third-order valence-electron chi connectivity index (χ3n) is 4.51. The molecule has 2 bridgehead atoms. The molecular weight excluding hydrogens is 274 g/mol. The first-order chi connectivity index (χ1) is 9.45. The highest BCUT2D eigenvalue weighted by Crippen LogP contribution is 2.28. The van der Waals surface area contributed by atoms with Crippen molar-refractivity contribution < 1.29 is 8.42 Å². The van der Waals surface area contributed by atoms with Crippen LogP contribution in [0.5, 0.6) is 0 Å². The van der Waals surface area contributed by atoms with Gasteiger partial charge in [-0.05, 0) is 62.5 Å². The second-order valence-corrected chi connectivity index (χ2v) is 7.60. The number of hydrogen-bond acceptors (Lipinski definition) is 4. The molecule has 0 aromatic heterocycles. The van der Waals surface area contributed by atoms with Crippen LogP contribution < -0.4 is 10.5 Å². The first kappa shape index (κ1) is 13.9. The summed E-state index contributed by atoms with van der Waals surface area (Å²) in [5, 5.41) is 0. The third-order valence-corrected chi connectivity index (χ3v) is 6.00. The lowest BCUT2D eigenvalue weighted by Gasteiger charge is -2.44. The van der Waals surface area contributed by atoms with E-state index in [-0.39, 0.29) is 6.04 Å². The first-order valence-electron chi connectivity index (χ1n) is 7.06. The molecule has 4 rings (SSSR count). The Balaban J connectivity index is 1.80. The fourth-order valence-electron chi connectivity index (χ4n) is 3.18. The van der Waals surface area contributed by atoms with E-state index in [0.717, 1.165) is 38.0 Å². The number of nitrogens with one attached hydrogen (secondary N) is 1. The van der Waals surface area contributed by atoms with Crippen LogP contribution in [0.25, 0.3) is 0 Å². The quantitative estimate of drug-likeness (QED) is 0.814. The van der Waals surface area contributed by atoms with Crippen LogP contribution in [0.1, 0.15) is 18.4 Å². The number of rotatable bonds is 3. The zero-order valence-electron chi connectivity index (χ0n) is 11.7. The van der Waals surface area contributed by atoms with Crippen molar-refractivity contribution in [2.45, 2.75) is 30.7 Å². The predicted octanol–water partition coefficient (Wildman–Crippen LogP) is 0.950. The van der Waals surface area contributed by atoms with Crippen molar-refractivity contribution in [3.05, 3.63) is 23.8 Å². The molecule has 3 fully saturated rings. The number of anilines is 1. The summed E-state index contributed by atoms with van der Waals surface area (Å²) >= 11 is 0. The van der Waals surface area contributed by atoms with Crippen molar-refractivity contribution >= 4 is 15.7 Å². The summed E-state index contributed by atoms with van der Waals surface area (Å²) in [7, 11) is -3.45. The Morgan fingerprint density at radius 2 is 2.00 bits per heavy atom. The van der Waals surface area contributed by atoms with E-state index in [9.17, 15) is 8.42 Å². The predicted molar refractivity (Wildman–Crippen MR) is 78.9 cm³/mol. The van der Waals surface area contributed by atoms with E-state index in [4.69, 9.17) is 5.73 Å². The SMILES string of the molecule is Cc1cc(S(=O)(=O)NC2CN3CCC2CC3)ccc1N. The molecule has 1 aromatic carbocycles. The number of piperidine rings is 3. The molecule has 1 aromatic rings. The number of benzene rings is 1. The maximum absolute atomic E-state index is 12.5. The van der Waals surface area contributed by atoms with Crippen molar-refractivity contribution in [3.63, 3.8) is 0 Å². The summed E-state index contributed by atoms with van der Waals surface area (Å²) in [5.74, 6) is 0.477. The largest absolute Gasteiger partial charge is 0.399 e. The normalized spacial score (nSPS) is 29.6. The van der Waals surface area contributed by atoms with Crippen molar-refractivity contribution in [3.8, 4) is 0 Å². The Kier molecular flexibility index (Phi) is 3.48. The maximum atomic E-state index is 12.5. The van der Waals surface area contributed by atoms with E-state index < -0.39 is 10.0 Å². The summed E-state index contributed by atoms with van der Waals surface area (Å²) < 4.78 is 27.8. The Labute approximate surface area is 120 Å². The molecule has 0 spiro atoms. The van der Waals surface area contributed by atoms with Crippen LogP contribution in [0.4, 0.5) is 5.69 Å². The van der Waals surface area contributed by atoms with Gasteiger partial charge in [0.25, 0.3) is 0 Å². The summed E-state index contributed by atoms with van der Waals surface area (Å²) in [4.78, 5) is 2.64. The van der Waals surface area contributed by atoms with Crippen LogP contribution in [-0.4, -0.2) is 39.0 Å². The molecule has 110 valence electrons. The average Bonchev–Trinajstić information content (AvgIpc) is 2.42. The number of hydrogen-bond donors (Lipinski definition) is 2. The topological polar surface area (TPSA) is 75.4 Å². The van der Waals surface area contributed by atoms with Gasteiger partial charge in [0, 0.05) is 18.3 Å². The van der Waals surface area contributed by atoms with E-state index in [1.54, 1.807) is 18.2 Å². The minimum Gasteiger partial charge on any atom is -0.399 e. The Morgan fingerprint density at radius 3 is 2.55 bits per heavy atom. The molecule has 6 heteroatoms. The molecule has 3 aliphatic rings. The molecule has 5 nitrogen and oxygen atoms in total. The van der Waals surface area contributed by atoms with Crippen molar-refractivity contribution in [2.24, 2.45) is 5.92 Å². The summed E-state index contributed by atoms with van der Waals surface area (Å²) in [6.45, 7) is 4.86. The molecule has 0 radical (unpaired) electrons. The van der Waals surface area contributed by atoms with E-state index >= 15 is 0 Å². The molecule has 20 heavy (non-hydrogen) atoms. The van der Waals surface area contributed by atoms with Crippen LogP contribution in [0.3, 0.4) is 0 Å². The van der Waals surface area contributed by atoms with Gasteiger partial charge >= 0.3 is 0 Å². The van der Waals surface area contributed by atoms with Gasteiger partial charge in [0.2, 0.25) is 10.0 Å². The second-order valence-electron chi connectivity index (χ2n) is 5.88. The van der Waals surface area contributed by atoms with Crippen LogP contribution in [0.2, 0.25) is 0 Å². The lowest BCUT2D eigenvalue weighted by molar-refractivity contribution is 0.0827. The van der Waals surface area contributed by atoms with Crippen molar-refractivity contribution in [1.29, 1.82) is 0 Å². The fourth-order valence-corrected chi connectivity index (χ4v) is 4.56. The van der Waals surface area contributed by atoms with E-state index in [1.807, 2.05) is 6.92 Å². The van der Waals surface area contributed by atoms with Gasteiger partial charge in [-0.1, -0.05) is 0 Å². The van der Waals surface area contributed by atoms with E-state index in [2.05, 4.69) is 9.62 Å². The molecule has 3 heterocycles. The number of fused-ring (bicyclic) bond motifs is 3. The molecule has 3 saturated heterocycles. The van der Waals surface area contributed by atoms with Gasteiger partial charge < -0.3 is 10.6 Å². The highest BCUT2D eigenvalue weighted by molar-refractivity contribution is 7.89. The fraction of sp³-hybridized carbons (Fsp3) is 0.571. The van der Waals surface area contributed by atoms with Crippen LogP contribution in [0.15, 0.2) is 23.1 Å². The molecule has 1 atom stereocenters. The van der Waals surface area contributed by atoms with Gasteiger partial charge in [-0.2, -0.15) is 0 Å². The summed E-state index contributed by atoms with van der Waals surface area (Å²) in [6.07, 6.45) is 2.18. The van der Waals surface area contributed by atoms with Crippen LogP contribution >= 0.6 is 0 Å². The van der Waals surface area contributed by atoms with Crippen molar-refractivity contribution in [2.75, 3.05) is 25.4 Å². The number of sulfonamides is 1. The zero-order valence-corrected chi connectivity index (χ0v) is 12.5. The zero-order chi connectivity index (χ0) is 14.3. The van der Waals surface area contributed by atoms with Crippen LogP contribution in [-0.2, 0) is 10.0 Å². The second kappa shape index (κ2) is 5.02. The van der Waals surface area contributed by atoms with Gasteiger partial charge in [-0.3, -0.25) is 0 Å². The van der Waals surface area contributed by atoms with Gasteiger partial charge in [-0.25, -0.2) is 13.1 Å². The molecule has 0 saturated carbocycles. The Hall–Kier alpha value is -1.11. The van der Waals surface area contributed by atoms with Gasteiger partial charge in [0.1, 0.15) is 0 Å². The summed E-state index contributed by atoms with van der Waals surface area (Å²) in [6, 6.07) is 4.91. The highest BCUT2D eigenvalue weighted by Gasteiger charge is 2.36. The Bertz CT molecular complexity index is 607. The molecule has 1 unspecified atom stereocenters. The van der Waals surface area contributed by atoms with Crippen LogP contribution in [0, 0.1) is 12.8 Å². The van der Waals surface area contributed by atoms with E-state index in [0.29, 0.717) is 16.5 Å². The lowest BCUT2D eigenvalue weighted by Crippen LogP contribution is -2.57. The van der Waals surface area contributed by atoms with E-state index in [1.165, 1.54) is 0 Å². The monoisotopic (exact) mass is 295 g/mol. The average molecular weight is 295 g/mol. The molecule has 3 N–H and O–H groups in total. The number of nitrogens with zero attached hydrogens (tertiary/aromatic N) is 1. The molecule has 0 aliphatic carbocycles. The highest BCUT2D eigenvalue weighted by atomic mass is 32.2. The molecular formula is C14H21N3O2S. The molecule has 3 aliphatic heterocycles. The van der Waals surface area contributed by atoms with Gasteiger partial charge in [-0.15, -0.1) is 0 Å². The maximum Gasteiger partial charge on any atom is 0.240 e. The first-order valence-corrected chi connectivity index (χ1v) is 8.55. The lowest BCUT2D eigenvalue weighted by atomic mass is 9.85.